The van der Waals surface area contributed by atoms with Crippen molar-refractivity contribution < 1.29 is 24.6 Å². The number of aliphatic hydroxyl groups is 2. The van der Waals surface area contributed by atoms with Gasteiger partial charge in [0, 0.05) is 0 Å². The van der Waals surface area contributed by atoms with E-state index in [4.69, 9.17) is 10.2 Å². The Hall–Kier alpha value is -1.76. The third kappa shape index (κ3) is 3.87. The highest BCUT2D eigenvalue weighted by atomic mass is 16.7. The molecule has 2 atom stereocenters. The minimum atomic E-state index is -0.453. The molecule has 0 bridgehead atoms. The van der Waals surface area contributed by atoms with E-state index in [0.29, 0.717) is 11.1 Å². The normalized spacial score (nSPS) is 29.0. The van der Waals surface area contributed by atoms with E-state index in [0.717, 1.165) is 24.3 Å². The molecule has 2 aliphatic rings. The molecule has 116 valence electrons. The van der Waals surface area contributed by atoms with Crippen LogP contribution in [-0.2, 0) is 14.4 Å². The van der Waals surface area contributed by atoms with Gasteiger partial charge in [-0.25, -0.2) is 0 Å². The first-order chi connectivity index (χ1) is 9.97. The van der Waals surface area contributed by atoms with Crippen molar-refractivity contribution in [1.29, 1.82) is 0 Å². The molecular formula is C15H21NO5. The zero-order chi connectivity index (χ0) is 16.0. The van der Waals surface area contributed by atoms with E-state index in [1.807, 2.05) is 0 Å². The van der Waals surface area contributed by atoms with Crippen LogP contribution < -0.4 is 0 Å². The minimum absolute atomic E-state index is 0.314. The number of nitrogens with zero attached hydrogens (tertiary/aromatic N) is 1. The first-order valence-electron chi connectivity index (χ1n) is 6.76. The van der Waals surface area contributed by atoms with Crippen LogP contribution in [0.15, 0.2) is 36.0 Å². The average Bonchev–Trinajstić information content (AvgIpc) is 2.93. The van der Waals surface area contributed by atoms with Gasteiger partial charge in [-0.1, -0.05) is 18.7 Å². The monoisotopic (exact) mass is 295 g/mol. The van der Waals surface area contributed by atoms with Crippen molar-refractivity contribution >= 4 is 11.8 Å². The van der Waals surface area contributed by atoms with E-state index in [-0.39, 0.29) is 0 Å². The van der Waals surface area contributed by atoms with Gasteiger partial charge in [0.2, 0.25) is 0 Å². The molecule has 6 heteroatoms. The number of carbonyl (C=O) groups is 2. The Morgan fingerprint density at radius 1 is 1.19 bits per heavy atom. The van der Waals surface area contributed by atoms with Crippen molar-refractivity contribution in [1.82, 2.24) is 5.06 Å². The van der Waals surface area contributed by atoms with Crippen molar-refractivity contribution in [2.75, 3.05) is 7.11 Å². The van der Waals surface area contributed by atoms with Crippen LogP contribution in [0.25, 0.3) is 0 Å². The number of allylic oxidation sites excluding steroid dienone is 3. The third-order valence-electron chi connectivity index (χ3n) is 3.32. The van der Waals surface area contributed by atoms with E-state index in [1.165, 1.54) is 19.3 Å². The lowest BCUT2D eigenvalue weighted by Gasteiger charge is -2.06. The summed E-state index contributed by atoms with van der Waals surface area (Å²) in [5.41, 5.74) is 0.658. The van der Waals surface area contributed by atoms with E-state index >= 15 is 0 Å². The maximum Gasteiger partial charge on any atom is 0.285 e. The maximum absolute atomic E-state index is 11.5. The molecule has 0 radical (unpaired) electrons. The Morgan fingerprint density at radius 3 is 2.05 bits per heavy atom. The van der Waals surface area contributed by atoms with Gasteiger partial charge in [0.15, 0.2) is 0 Å². The molecule has 1 saturated heterocycles. The van der Waals surface area contributed by atoms with Crippen molar-refractivity contribution in [2.45, 2.75) is 38.4 Å². The zero-order valence-electron chi connectivity index (χ0n) is 12.3. The molecule has 0 spiro atoms. The predicted octanol–water partition coefficient (Wildman–Crippen LogP) is 0.867. The molecule has 0 aromatic carbocycles. The molecule has 0 aromatic rings. The largest absolute Gasteiger partial charge is 0.390 e. The summed E-state index contributed by atoms with van der Waals surface area (Å²) >= 11 is 0. The van der Waals surface area contributed by atoms with E-state index in [9.17, 15) is 9.59 Å². The van der Waals surface area contributed by atoms with Crippen molar-refractivity contribution in [3.63, 3.8) is 0 Å². The molecule has 2 N–H and O–H groups in total. The Labute approximate surface area is 124 Å². The third-order valence-corrected chi connectivity index (χ3v) is 3.32. The summed E-state index contributed by atoms with van der Waals surface area (Å²) < 4.78 is 0. The summed E-state index contributed by atoms with van der Waals surface area (Å²) in [5.74, 6) is -0.890. The lowest BCUT2D eigenvalue weighted by atomic mass is 10.1. The fourth-order valence-electron chi connectivity index (χ4n) is 2.19. The van der Waals surface area contributed by atoms with Gasteiger partial charge in [-0.15, -0.1) is 5.06 Å². The van der Waals surface area contributed by atoms with Crippen LogP contribution in [0.5, 0.6) is 0 Å². The summed E-state index contributed by atoms with van der Waals surface area (Å²) in [7, 11) is 1.28. The first kappa shape index (κ1) is 17.3. The number of aliphatic hydroxyl groups excluding tert-OH is 2. The van der Waals surface area contributed by atoms with Crippen LogP contribution in [0, 0.1) is 0 Å². The molecule has 1 aliphatic heterocycles. The number of hydrogen-bond donors (Lipinski definition) is 2. The van der Waals surface area contributed by atoms with Gasteiger partial charge in [0.25, 0.3) is 11.8 Å². The smallest absolute Gasteiger partial charge is 0.285 e. The number of imide groups is 1. The summed E-state index contributed by atoms with van der Waals surface area (Å²) in [5, 5.41) is 18.2. The molecule has 2 unspecified atom stereocenters. The standard InChI is InChI=1S/C10H11NO3.C5H10O2/c1-4-6-8-7(5-2)9(12)11(14-3)10(8)13;6-4-2-1-3-5(4)7/h4-6H,1H2,2-3H3;4-7H,1-3H2/b7-5+,8-6+;. The number of rotatable bonds is 2. The highest BCUT2D eigenvalue weighted by Crippen LogP contribution is 2.24. The van der Waals surface area contributed by atoms with Crippen LogP contribution in [0.2, 0.25) is 0 Å². The SMILES string of the molecule is C=C/C=C1/C(=O)N(OC)C(=O)/C1=C/C.OC1CCCC1O. The molecule has 1 heterocycles. The lowest BCUT2D eigenvalue weighted by Crippen LogP contribution is -2.28. The van der Waals surface area contributed by atoms with Crippen LogP contribution in [-0.4, -0.2) is 46.4 Å². The van der Waals surface area contributed by atoms with Crippen molar-refractivity contribution in [2.24, 2.45) is 0 Å². The average molecular weight is 295 g/mol. The Balaban J connectivity index is 0.000000262. The first-order valence-corrected chi connectivity index (χ1v) is 6.76. The number of amides is 2. The fraction of sp³-hybridized carbons (Fsp3) is 0.467. The van der Waals surface area contributed by atoms with Gasteiger partial charge in [0.1, 0.15) is 0 Å². The molecule has 2 fully saturated rings. The molecule has 1 saturated carbocycles. The molecule has 21 heavy (non-hydrogen) atoms. The topological polar surface area (TPSA) is 87.1 Å². The van der Waals surface area contributed by atoms with Gasteiger partial charge in [-0.2, -0.15) is 0 Å². The van der Waals surface area contributed by atoms with Crippen LogP contribution in [0.3, 0.4) is 0 Å². The Kier molecular flexibility index (Phi) is 6.48. The van der Waals surface area contributed by atoms with Crippen LogP contribution in [0.1, 0.15) is 26.2 Å². The highest BCUT2D eigenvalue weighted by molar-refractivity contribution is 6.23. The second kappa shape index (κ2) is 7.87. The summed E-state index contributed by atoms with van der Waals surface area (Å²) in [4.78, 5) is 27.7. The minimum Gasteiger partial charge on any atom is -0.390 e. The highest BCUT2D eigenvalue weighted by Gasteiger charge is 2.38. The van der Waals surface area contributed by atoms with Gasteiger partial charge in [-0.3, -0.25) is 14.4 Å². The fourth-order valence-corrected chi connectivity index (χ4v) is 2.19. The van der Waals surface area contributed by atoms with Gasteiger partial charge in [0.05, 0.1) is 30.5 Å². The Bertz CT molecular complexity index is 472. The van der Waals surface area contributed by atoms with Crippen LogP contribution in [0.4, 0.5) is 0 Å². The number of hydroxylamine groups is 2. The van der Waals surface area contributed by atoms with E-state index in [1.54, 1.807) is 13.0 Å². The predicted molar refractivity (Wildman–Crippen MR) is 76.8 cm³/mol. The zero-order valence-corrected chi connectivity index (χ0v) is 12.3. The molecule has 6 nitrogen and oxygen atoms in total. The summed E-state index contributed by atoms with van der Waals surface area (Å²) in [6.07, 6.45) is 6.21. The summed E-state index contributed by atoms with van der Waals surface area (Å²) in [6, 6.07) is 0. The van der Waals surface area contributed by atoms with Crippen molar-refractivity contribution in [3.05, 3.63) is 36.0 Å². The quantitative estimate of drug-likeness (QED) is 0.583. The van der Waals surface area contributed by atoms with Gasteiger partial charge in [-0.05, 0) is 32.3 Å². The maximum atomic E-state index is 11.5. The van der Waals surface area contributed by atoms with E-state index in [2.05, 4.69) is 11.4 Å². The second-order valence-electron chi connectivity index (χ2n) is 4.67. The molecule has 1 aliphatic carbocycles. The molecule has 2 rings (SSSR count). The summed E-state index contributed by atoms with van der Waals surface area (Å²) in [6.45, 7) is 5.17. The second-order valence-corrected chi connectivity index (χ2v) is 4.67. The number of hydrogen-bond acceptors (Lipinski definition) is 5. The molecular weight excluding hydrogens is 274 g/mol. The van der Waals surface area contributed by atoms with Crippen molar-refractivity contribution in [3.8, 4) is 0 Å². The van der Waals surface area contributed by atoms with Gasteiger partial charge < -0.3 is 10.2 Å². The Morgan fingerprint density at radius 2 is 1.71 bits per heavy atom. The van der Waals surface area contributed by atoms with Crippen LogP contribution >= 0.6 is 0 Å². The molecule has 0 aromatic heterocycles. The molecule has 2 amide bonds. The van der Waals surface area contributed by atoms with E-state index < -0.39 is 24.0 Å². The van der Waals surface area contributed by atoms with Gasteiger partial charge >= 0.3 is 0 Å². The number of carbonyl (C=O) groups excluding carboxylic acids is 2. The lowest BCUT2D eigenvalue weighted by molar-refractivity contribution is -0.177.